The summed E-state index contributed by atoms with van der Waals surface area (Å²) in [5.74, 6) is 0.887. The summed E-state index contributed by atoms with van der Waals surface area (Å²) < 4.78 is 2.41. The molecule has 182 valence electrons. The summed E-state index contributed by atoms with van der Waals surface area (Å²) in [4.78, 5) is 17.7. The largest absolute Gasteiger partial charge is 0.352 e. The van der Waals surface area contributed by atoms with Gasteiger partial charge in [-0.05, 0) is 53.8 Å². The van der Waals surface area contributed by atoms with Crippen molar-refractivity contribution in [3.8, 4) is 0 Å². The molecule has 0 unspecified atom stereocenters. The van der Waals surface area contributed by atoms with Crippen LogP contribution in [-0.4, -0.2) is 22.0 Å². The molecule has 0 radical (unpaired) electrons. The third kappa shape index (κ3) is 5.19. The average Bonchev–Trinajstić information content (AvgIpc) is 3.04. The van der Waals surface area contributed by atoms with Crippen LogP contribution in [0.4, 0.5) is 5.95 Å². The molecule has 0 atom stereocenters. The van der Waals surface area contributed by atoms with Crippen LogP contribution in [0, 0.1) is 0 Å². The van der Waals surface area contributed by atoms with Crippen LogP contribution < -0.4 is 10.6 Å². The van der Waals surface area contributed by atoms with Crippen LogP contribution in [0.25, 0.3) is 21.8 Å². The molecule has 3 aromatic carbocycles. The van der Waals surface area contributed by atoms with E-state index in [1.807, 2.05) is 12.1 Å². The van der Waals surface area contributed by atoms with E-state index in [0.29, 0.717) is 24.7 Å². The second kappa shape index (κ2) is 10.9. The molecule has 1 saturated carbocycles. The third-order valence-corrected chi connectivity index (χ3v) is 7.27. The number of carbonyl (C=O) groups is 1. The summed E-state index contributed by atoms with van der Waals surface area (Å²) in [6.45, 7) is 3.55. The van der Waals surface area contributed by atoms with E-state index in [1.165, 1.54) is 54.9 Å². The minimum absolute atomic E-state index is 0.0189. The van der Waals surface area contributed by atoms with Crippen LogP contribution >= 0.6 is 0 Å². The Morgan fingerprint density at radius 3 is 2.63 bits per heavy atom. The van der Waals surface area contributed by atoms with Crippen molar-refractivity contribution >= 4 is 33.7 Å². The minimum atomic E-state index is -0.0189. The third-order valence-electron chi connectivity index (χ3n) is 7.27. The standard InChI is InChI=1S/C30H36N4O/c1-2-3-19-31-29(35)23-17-18-28-27(20-23)33-30(34(28)25-14-6-4-5-7-15-25)32-21-24-13-10-12-22-11-8-9-16-26(22)24/h8-13,16-18,20,25H,2-7,14-15,19,21H2,1H3,(H,31,35)(H,32,33). The number of rotatable bonds is 8. The van der Waals surface area contributed by atoms with Gasteiger partial charge in [-0.3, -0.25) is 4.79 Å². The number of nitrogens with one attached hydrogen (secondary N) is 2. The fraction of sp³-hybridized carbons (Fsp3) is 0.400. The predicted molar refractivity (Wildman–Crippen MR) is 145 cm³/mol. The Kier molecular flexibility index (Phi) is 7.31. The molecular formula is C30H36N4O. The number of imidazole rings is 1. The number of fused-ring (bicyclic) bond motifs is 2. The highest BCUT2D eigenvalue weighted by Gasteiger charge is 2.21. The van der Waals surface area contributed by atoms with Gasteiger partial charge < -0.3 is 15.2 Å². The summed E-state index contributed by atoms with van der Waals surface area (Å²) >= 11 is 0. The second-order valence-electron chi connectivity index (χ2n) is 9.76. The molecule has 1 heterocycles. The molecule has 1 aromatic heterocycles. The van der Waals surface area contributed by atoms with Crippen molar-refractivity contribution in [2.24, 2.45) is 0 Å². The monoisotopic (exact) mass is 468 g/mol. The minimum Gasteiger partial charge on any atom is -0.352 e. The summed E-state index contributed by atoms with van der Waals surface area (Å²) in [5, 5.41) is 9.22. The van der Waals surface area contributed by atoms with E-state index in [4.69, 9.17) is 4.98 Å². The van der Waals surface area contributed by atoms with Gasteiger partial charge in [-0.2, -0.15) is 0 Å². The summed E-state index contributed by atoms with van der Waals surface area (Å²) in [6, 6.07) is 21.4. The molecular weight excluding hydrogens is 432 g/mol. The Morgan fingerprint density at radius 1 is 1.00 bits per heavy atom. The molecule has 1 amide bonds. The highest BCUT2D eigenvalue weighted by Crippen LogP contribution is 2.34. The molecule has 5 rings (SSSR count). The second-order valence-corrected chi connectivity index (χ2v) is 9.76. The lowest BCUT2D eigenvalue weighted by atomic mass is 10.0. The number of unbranched alkanes of at least 4 members (excludes halogenated alkanes) is 1. The Balaban J connectivity index is 1.47. The maximum absolute atomic E-state index is 12.7. The molecule has 4 aromatic rings. The van der Waals surface area contributed by atoms with Crippen molar-refractivity contribution in [2.45, 2.75) is 70.9 Å². The van der Waals surface area contributed by atoms with Crippen molar-refractivity contribution in [3.63, 3.8) is 0 Å². The number of hydrogen-bond donors (Lipinski definition) is 2. The first-order chi connectivity index (χ1) is 17.2. The molecule has 1 aliphatic rings. The zero-order chi connectivity index (χ0) is 24.0. The van der Waals surface area contributed by atoms with E-state index in [9.17, 15) is 4.79 Å². The van der Waals surface area contributed by atoms with Gasteiger partial charge in [0.2, 0.25) is 5.95 Å². The number of carbonyl (C=O) groups excluding carboxylic acids is 1. The first-order valence-electron chi connectivity index (χ1n) is 13.3. The highest BCUT2D eigenvalue weighted by molar-refractivity contribution is 5.97. The number of aromatic nitrogens is 2. The molecule has 0 bridgehead atoms. The number of amides is 1. The topological polar surface area (TPSA) is 59.0 Å². The van der Waals surface area contributed by atoms with Crippen LogP contribution in [0.2, 0.25) is 0 Å². The van der Waals surface area contributed by atoms with Gasteiger partial charge in [0, 0.05) is 24.7 Å². The van der Waals surface area contributed by atoms with Crippen molar-refractivity contribution in [1.29, 1.82) is 0 Å². The van der Waals surface area contributed by atoms with Crippen molar-refractivity contribution in [3.05, 3.63) is 71.8 Å². The molecule has 1 fully saturated rings. The molecule has 0 spiro atoms. The number of nitrogens with zero attached hydrogens (tertiary/aromatic N) is 2. The molecule has 0 saturated heterocycles. The first-order valence-corrected chi connectivity index (χ1v) is 13.3. The van der Waals surface area contributed by atoms with Crippen molar-refractivity contribution in [1.82, 2.24) is 14.9 Å². The molecule has 5 heteroatoms. The van der Waals surface area contributed by atoms with E-state index >= 15 is 0 Å². The van der Waals surface area contributed by atoms with E-state index in [-0.39, 0.29) is 5.91 Å². The Bertz CT molecular complexity index is 1300. The summed E-state index contributed by atoms with van der Waals surface area (Å²) in [5.41, 5.74) is 3.94. The molecule has 0 aliphatic heterocycles. The van der Waals surface area contributed by atoms with Crippen LogP contribution in [-0.2, 0) is 6.54 Å². The zero-order valence-electron chi connectivity index (χ0n) is 20.7. The lowest BCUT2D eigenvalue weighted by Crippen LogP contribution is -2.24. The predicted octanol–water partition coefficient (Wildman–Crippen LogP) is 7.23. The van der Waals surface area contributed by atoms with Crippen LogP contribution in [0.3, 0.4) is 0 Å². The fourth-order valence-corrected chi connectivity index (χ4v) is 5.35. The Hall–Kier alpha value is -3.34. The number of anilines is 1. The highest BCUT2D eigenvalue weighted by atomic mass is 16.1. The molecule has 2 N–H and O–H groups in total. The number of benzene rings is 3. The average molecular weight is 469 g/mol. The quantitative estimate of drug-likeness (QED) is 0.212. The van der Waals surface area contributed by atoms with Crippen molar-refractivity contribution in [2.75, 3.05) is 11.9 Å². The van der Waals surface area contributed by atoms with E-state index in [1.54, 1.807) is 0 Å². The normalized spacial score (nSPS) is 14.8. The van der Waals surface area contributed by atoms with Crippen LogP contribution in [0.15, 0.2) is 60.7 Å². The van der Waals surface area contributed by atoms with E-state index < -0.39 is 0 Å². The Morgan fingerprint density at radius 2 is 1.80 bits per heavy atom. The van der Waals surface area contributed by atoms with Crippen molar-refractivity contribution < 1.29 is 4.79 Å². The molecule has 1 aliphatic carbocycles. The van der Waals surface area contributed by atoms with Crippen LogP contribution in [0.5, 0.6) is 0 Å². The summed E-state index contributed by atoms with van der Waals surface area (Å²) in [6.07, 6.45) is 9.54. The maximum Gasteiger partial charge on any atom is 0.251 e. The lowest BCUT2D eigenvalue weighted by Gasteiger charge is -2.21. The maximum atomic E-state index is 12.7. The first kappa shape index (κ1) is 23.4. The summed E-state index contributed by atoms with van der Waals surface area (Å²) in [7, 11) is 0. The molecule has 5 nitrogen and oxygen atoms in total. The van der Waals surface area contributed by atoms with Crippen LogP contribution in [0.1, 0.15) is 80.3 Å². The molecule has 35 heavy (non-hydrogen) atoms. The Labute approximate surface area is 207 Å². The van der Waals surface area contributed by atoms with Gasteiger partial charge in [0.1, 0.15) is 0 Å². The smallest absolute Gasteiger partial charge is 0.251 e. The van der Waals surface area contributed by atoms with Gasteiger partial charge in [-0.25, -0.2) is 4.98 Å². The lowest BCUT2D eigenvalue weighted by molar-refractivity contribution is 0.0953. The number of hydrogen-bond acceptors (Lipinski definition) is 3. The van der Waals surface area contributed by atoms with Gasteiger partial charge in [0.25, 0.3) is 5.91 Å². The van der Waals surface area contributed by atoms with Gasteiger partial charge in [0.15, 0.2) is 0 Å². The van der Waals surface area contributed by atoms with E-state index in [2.05, 4.69) is 70.7 Å². The zero-order valence-corrected chi connectivity index (χ0v) is 20.7. The SMILES string of the molecule is CCCCNC(=O)c1ccc2c(c1)nc(NCc1cccc3ccccc13)n2C1CCCCCC1. The van der Waals surface area contributed by atoms with Gasteiger partial charge in [-0.15, -0.1) is 0 Å². The van der Waals surface area contributed by atoms with Gasteiger partial charge in [-0.1, -0.05) is 81.5 Å². The fourth-order valence-electron chi connectivity index (χ4n) is 5.35. The van der Waals surface area contributed by atoms with Gasteiger partial charge in [0.05, 0.1) is 11.0 Å². The van der Waals surface area contributed by atoms with E-state index in [0.717, 1.165) is 29.8 Å². The van der Waals surface area contributed by atoms with Gasteiger partial charge >= 0.3 is 0 Å².